The van der Waals surface area contributed by atoms with E-state index in [1.807, 2.05) is 61.5 Å². The Bertz CT molecular complexity index is 1270. The average molecular weight is 498 g/mol. The maximum Gasteiger partial charge on any atom is 0.300 e. The molecule has 1 aliphatic heterocycles. The summed E-state index contributed by atoms with van der Waals surface area (Å²) in [4.78, 5) is 28.4. The van der Waals surface area contributed by atoms with Gasteiger partial charge in [-0.2, -0.15) is 0 Å². The summed E-state index contributed by atoms with van der Waals surface area (Å²) < 4.78 is 5.73. The minimum atomic E-state index is -0.743. The number of aliphatic hydroxyl groups is 1. The van der Waals surface area contributed by atoms with Crippen LogP contribution in [0, 0.1) is 0 Å². The first-order chi connectivity index (χ1) is 18.0. The zero-order chi connectivity index (χ0) is 26.4. The van der Waals surface area contributed by atoms with Crippen LogP contribution in [0.15, 0.2) is 78.4 Å². The predicted molar refractivity (Wildman–Crippen MR) is 148 cm³/mol. The monoisotopic (exact) mass is 497 g/mol. The van der Waals surface area contributed by atoms with E-state index in [0.29, 0.717) is 23.6 Å². The number of ether oxygens (including phenoxy) is 1. The number of anilines is 1. The van der Waals surface area contributed by atoms with Crippen LogP contribution >= 0.6 is 0 Å². The molecule has 37 heavy (non-hydrogen) atoms. The van der Waals surface area contributed by atoms with Gasteiger partial charge in [0, 0.05) is 11.3 Å². The molecule has 1 atom stereocenters. The Morgan fingerprint density at radius 2 is 1.59 bits per heavy atom. The van der Waals surface area contributed by atoms with Gasteiger partial charge in [0.15, 0.2) is 0 Å². The number of hydrogen-bond acceptors (Lipinski definition) is 4. The van der Waals surface area contributed by atoms with Crippen molar-refractivity contribution in [1.29, 1.82) is 0 Å². The standard InChI is InChI=1S/C32H35NO4/c1-4-7-9-23-14-18-26(19-15-23)33-29(24-16-12-22(6-3)13-17-24)28(31(35)32(33)36)30(34)25-10-8-11-27(21-25)37-20-5-2/h8,10-19,21,29,34H,4-7,9,20H2,1-3H3/b30-28-. The predicted octanol–water partition coefficient (Wildman–Crippen LogP) is 7.01. The molecule has 4 rings (SSSR count). The average Bonchev–Trinajstić information content (AvgIpc) is 3.20. The van der Waals surface area contributed by atoms with Gasteiger partial charge in [-0.05, 0) is 66.6 Å². The SMILES string of the molecule is CCCCc1ccc(N2C(=O)C(=O)/C(=C(\O)c3cccc(OCCC)c3)C2c2ccc(CC)cc2)cc1. The maximum atomic E-state index is 13.4. The highest BCUT2D eigenvalue weighted by molar-refractivity contribution is 6.51. The van der Waals surface area contributed by atoms with Crippen molar-refractivity contribution in [3.63, 3.8) is 0 Å². The largest absolute Gasteiger partial charge is 0.507 e. The molecule has 1 amide bonds. The number of carbonyl (C=O) groups is 2. The van der Waals surface area contributed by atoms with Crippen molar-refractivity contribution >= 4 is 23.1 Å². The van der Waals surface area contributed by atoms with Crippen molar-refractivity contribution in [1.82, 2.24) is 0 Å². The number of hydrogen-bond donors (Lipinski definition) is 1. The van der Waals surface area contributed by atoms with Crippen molar-refractivity contribution < 1.29 is 19.4 Å². The van der Waals surface area contributed by atoms with Gasteiger partial charge in [-0.1, -0.05) is 75.7 Å². The van der Waals surface area contributed by atoms with Crippen LogP contribution in [-0.4, -0.2) is 23.4 Å². The van der Waals surface area contributed by atoms with Crippen LogP contribution in [0.4, 0.5) is 5.69 Å². The summed E-state index contributed by atoms with van der Waals surface area (Å²) in [7, 11) is 0. The number of benzene rings is 3. The molecule has 0 bridgehead atoms. The van der Waals surface area contributed by atoms with Gasteiger partial charge in [0.05, 0.1) is 18.2 Å². The van der Waals surface area contributed by atoms with E-state index in [1.54, 1.807) is 18.2 Å². The molecule has 1 saturated heterocycles. The van der Waals surface area contributed by atoms with Crippen LogP contribution in [0.1, 0.15) is 68.3 Å². The molecule has 1 fully saturated rings. The Labute approximate surface area is 219 Å². The number of unbranched alkanes of at least 4 members (excludes halogenated alkanes) is 1. The van der Waals surface area contributed by atoms with E-state index in [9.17, 15) is 14.7 Å². The van der Waals surface area contributed by atoms with Crippen molar-refractivity contribution in [2.75, 3.05) is 11.5 Å². The summed E-state index contributed by atoms with van der Waals surface area (Å²) in [6.07, 6.45) is 4.90. The lowest BCUT2D eigenvalue weighted by molar-refractivity contribution is -0.132. The summed E-state index contributed by atoms with van der Waals surface area (Å²) in [5.74, 6) is -0.943. The van der Waals surface area contributed by atoms with E-state index in [-0.39, 0.29) is 11.3 Å². The van der Waals surface area contributed by atoms with Crippen LogP contribution in [0.2, 0.25) is 0 Å². The minimum Gasteiger partial charge on any atom is -0.507 e. The zero-order valence-electron chi connectivity index (χ0n) is 21.9. The molecule has 1 N–H and O–H groups in total. The van der Waals surface area contributed by atoms with E-state index >= 15 is 0 Å². The molecule has 1 heterocycles. The molecular formula is C32H35NO4. The van der Waals surface area contributed by atoms with Gasteiger partial charge in [0.25, 0.3) is 11.7 Å². The van der Waals surface area contributed by atoms with Gasteiger partial charge < -0.3 is 9.84 Å². The lowest BCUT2D eigenvalue weighted by Crippen LogP contribution is -2.29. The Hall–Kier alpha value is -3.86. The number of aliphatic hydroxyl groups excluding tert-OH is 1. The lowest BCUT2D eigenvalue weighted by atomic mass is 9.94. The van der Waals surface area contributed by atoms with E-state index < -0.39 is 17.7 Å². The molecular weight excluding hydrogens is 462 g/mol. The molecule has 3 aromatic carbocycles. The van der Waals surface area contributed by atoms with Crippen LogP contribution in [0.25, 0.3) is 5.76 Å². The number of ketones is 1. The van der Waals surface area contributed by atoms with Gasteiger partial charge in [-0.15, -0.1) is 0 Å². The van der Waals surface area contributed by atoms with Gasteiger partial charge >= 0.3 is 0 Å². The fourth-order valence-electron chi connectivity index (χ4n) is 4.66. The number of carbonyl (C=O) groups excluding carboxylic acids is 2. The van der Waals surface area contributed by atoms with Crippen molar-refractivity contribution in [2.45, 2.75) is 58.9 Å². The second-order valence-corrected chi connectivity index (χ2v) is 9.41. The fourth-order valence-corrected chi connectivity index (χ4v) is 4.66. The summed E-state index contributed by atoms with van der Waals surface area (Å²) in [5, 5.41) is 11.4. The van der Waals surface area contributed by atoms with Gasteiger partial charge in [0.1, 0.15) is 11.5 Å². The highest BCUT2D eigenvalue weighted by Crippen LogP contribution is 2.42. The Kier molecular flexibility index (Phi) is 8.44. The maximum absolute atomic E-state index is 13.4. The Morgan fingerprint density at radius 3 is 2.24 bits per heavy atom. The van der Waals surface area contributed by atoms with E-state index in [2.05, 4.69) is 13.8 Å². The molecule has 3 aromatic rings. The number of amides is 1. The second-order valence-electron chi connectivity index (χ2n) is 9.41. The fraction of sp³-hybridized carbons (Fsp3) is 0.312. The highest BCUT2D eigenvalue weighted by Gasteiger charge is 2.47. The first kappa shape index (κ1) is 26.2. The quantitative estimate of drug-likeness (QED) is 0.186. The molecule has 5 nitrogen and oxygen atoms in total. The summed E-state index contributed by atoms with van der Waals surface area (Å²) >= 11 is 0. The van der Waals surface area contributed by atoms with Crippen molar-refractivity contribution in [3.8, 4) is 5.75 Å². The molecule has 0 aromatic heterocycles. The van der Waals surface area contributed by atoms with Gasteiger partial charge in [0.2, 0.25) is 0 Å². The number of nitrogens with zero attached hydrogens (tertiary/aromatic N) is 1. The highest BCUT2D eigenvalue weighted by atomic mass is 16.5. The van der Waals surface area contributed by atoms with Gasteiger partial charge in [-0.25, -0.2) is 0 Å². The lowest BCUT2D eigenvalue weighted by Gasteiger charge is -2.26. The first-order valence-corrected chi connectivity index (χ1v) is 13.2. The number of aryl methyl sites for hydroxylation is 2. The molecule has 192 valence electrons. The van der Waals surface area contributed by atoms with E-state index in [0.717, 1.165) is 43.2 Å². The third kappa shape index (κ3) is 5.61. The van der Waals surface area contributed by atoms with E-state index in [4.69, 9.17) is 4.74 Å². The van der Waals surface area contributed by atoms with Crippen LogP contribution in [-0.2, 0) is 22.4 Å². The Morgan fingerprint density at radius 1 is 0.892 bits per heavy atom. The smallest absolute Gasteiger partial charge is 0.300 e. The normalized spacial score (nSPS) is 16.8. The first-order valence-electron chi connectivity index (χ1n) is 13.2. The third-order valence-electron chi connectivity index (χ3n) is 6.76. The summed E-state index contributed by atoms with van der Waals surface area (Å²) in [5.41, 5.74) is 4.27. The molecule has 1 unspecified atom stereocenters. The molecule has 0 spiro atoms. The van der Waals surface area contributed by atoms with Crippen molar-refractivity contribution in [3.05, 3.63) is 101 Å². The summed E-state index contributed by atoms with van der Waals surface area (Å²) in [6, 6.07) is 22.0. The van der Waals surface area contributed by atoms with Crippen LogP contribution in [0.3, 0.4) is 0 Å². The van der Waals surface area contributed by atoms with E-state index in [1.165, 1.54) is 10.5 Å². The summed E-state index contributed by atoms with van der Waals surface area (Å²) in [6.45, 7) is 6.80. The van der Waals surface area contributed by atoms with Gasteiger partial charge in [-0.3, -0.25) is 14.5 Å². The minimum absolute atomic E-state index is 0.0805. The van der Waals surface area contributed by atoms with Crippen LogP contribution < -0.4 is 9.64 Å². The third-order valence-corrected chi connectivity index (χ3v) is 6.76. The molecule has 5 heteroatoms. The second kappa shape index (κ2) is 11.9. The number of Topliss-reactive ketones (excluding diaryl/α,β-unsaturated/α-hetero) is 1. The van der Waals surface area contributed by atoms with Crippen LogP contribution in [0.5, 0.6) is 5.75 Å². The molecule has 1 aliphatic rings. The zero-order valence-corrected chi connectivity index (χ0v) is 21.9. The molecule has 0 aliphatic carbocycles. The molecule has 0 saturated carbocycles. The Balaban J connectivity index is 1.82. The molecule has 0 radical (unpaired) electrons. The number of rotatable bonds is 10. The topological polar surface area (TPSA) is 66.8 Å². The van der Waals surface area contributed by atoms with Crippen molar-refractivity contribution in [2.24, 2.45) is 0 Å².